The number of aromatic nitrogens is 1. The lowest BCUT2D eigenvalue weighted by Crippen LogP contribution is -2.19. The fourth-order valence-corrected chi connectivity index (χ4v) is 2.21. The second-order valence-corrected chi connectivity index (χ2v) is 4.76. The Bertz CT molecular complexity index is 589. The van der Waals surface area contributed by atoms with Crippen LogP contribution in [-0.2, 0) is 6.54 Å². The van der Waals surface area contributed by atoms with Crippen LogP contribution in [-0.4, -0.2) is 18.6 Å². The molecule has 0 atom stereocenters. The Labute approximate surface area is 123 Å². The number of halogens is 2. The number of benzene rings is 1. The molecular formula is C15H17ClFN3. The van der Waals surface area contributed by atoms with Gasteiger partial charge in [-0.05, 0) is 44.3 Å². The highest BCUT2D eigenvalue weighted by molar-refractivity contribution is 6.31. The molecule has 1 aromatic heterocycles. The van der Waals surface area contributed by atoms with Crippen LogP contribution in [0.4, 0.5) is 15.9 Å². The minimum Gasteiger partial charge on any atom is -0.327 e. The van der Waals surface area contributed by atoms with Crippen LogP contribution in [0.5, 0.6) is 0 Å². The second kappa shape index (κ2) is 6.68. The van der Waals surface area contributed by atoms with E-state index in [0.717, 1.165) is 17.2 Å². The maximum Gasteiger partial charge on any atom is 0.133 e. The topological polar surface area (TPSA) is 28.2 Å². The third-order valence-electron chi connectivity index (χ3n) is 2.96. The van der Waals surface area contributed by atoms with Crippen molar-refractivity contribution in [2.45, 2.75) is 13.5 Å². The normalized spacial score (nSPS) is 10.6. The van der Waals surface area contributed by atoms with Crippen molar-refractivity contribution in [1.29, 1.82) is 0 Å². The van der Waals surface area contributed by atoms with Crippen LogP contribution in [0.25, 0.3) is 0 Å². The number of anilines is 2. The lowest BCUT2D eigenvalue weighted by Gasteiger charge is -2.23. The molecule has 0 aliphatic heterocycles. The van der Waals surface area contributed by atoms with Crippen molar-refractivity contribution in [3.05, 3.63) is 52.9 Å². The van der Waals surface area contributed by atoms with Crippen LogP contribution in [0.15, 0.2) is 36.4 Å². The highest BCUT2D eigenvalue weighted by Crippen LogP contribution is 2.26. The Kier molecular flexibility index (Phi) is 4.93. The molecule has 2 aromatic rings. The summed E-state index contributed by atoms with van der Waals surface area (Å²) < 4.78 is 13.4. The number of nitrogens with one attached hydrogen (secondary N) is 1. The average Bonchev–Trinajstić information content (AvgIpc) is 2.43. The molecule has 0 aliphatic rings. The molecule has 0 unspecified atom stereocenters. The van der Waals surface area contributed by atoms with Gasteiger partial charge in [-0.25, -0.2) is 9.37 Å². The van der Waals surface area contributed by atoms with Crippen LogP contribution in [0, 0.1) is 5.82 Å². The summed E-state index contributed by atoms with van der Waals surface area (Å²) >= 11 is 6.11. The van der Waals surface area contributed by atoms with Crippen molar-refractivity contribution >= 4 is 23.1 Å². The zero-order chi connectivity index (χ0) is 14.5. The van der Waals surface area contributed by atoms with Gasteiger partial charge in [-0.15, -0.1) is 0 Å². The maximum atomic E-state index is 13.4. The predicted octanol–water partition coefficient (Wildman–Crippen LogP) is 3.75. The van der Waals surface area contributed by atoms with E-state index >= 15 is 0 Å². The van der Waals surface area contributed by atoms with E-state index in [-0.39, 0.29) is 5.82 Å². The molecule has 1 heterocycles. The van der Waals surface area contributed by atoms with Crippen LogP contribution >= 0.6 is 11.6 Å². The lowest BCUT2D eigenvalue weighted by atomic mass is 10.2. The standard InChI is InChI=1S/C15H17ClFN3/c1-3-20(12-6-4-5-11(17)9-12)15-8-7-13(16)14(19-15)10-18-2/h4-9,18H,3,10H2,1-2H3. The van der Waals surface area contributed by atoms with Crippen LogP contribution in [0.2, 0.25) is 5.02 Å². The van der Waals surface area contributed by atoms with Gasteiger partial charge in [0, 0.05) is 18.8 Å². The van der Waals surface area contributed by atoms with Gasteiger partial charge in [0.2, 0.25) is 0 Å². The largest absolute Gasteiger partial charge is 0.327 e. The molecule has 106 valence electrons. The van der Waals surface area contributed by atoms with Gasteiger partial charge in [0.15, 0.2) is 0 Å². The average molecular weight is 294 g/mol. The van der Waals surface area contributed by atoms with Crippen LogP contribution in [0.3, 0.4) is 0 Å². The van der Waals surface area contributed by atoms with E-state index in [2.05, 4.69) is 10.3 Å². The van der Waals surface area contributed by atoms with Gasteiger partial charge in [0.1, 0.15) is 11.6 Å². The van der Waals surface area contributed by atoms with E-state index in [0.29, 0.717) is 18.1 Å². The monoisotopic (exact) mass is 293 g/mol. The molecule has 0 radical (unpaired) electrons. The highest BCUT2D eigenvalue weighted by Gasteiger charge is 2.11. The first-order chi connectivity index (χ1) is 9.65. The van der Waals surface area contributed by atoms with E-state index in [1.165, 1.54) is 12.1 Å². The Morgan fingerprint density at radius 2 is 2.10 bits per heavy atom. The summed E-state index contributed by atoms with van der Waals surface area (Å²) in [5.41, 5.74) is 1.55. The van der Waals surface area contributed by atoms with Gasteiger partial charge in [-0.2, -0.15) is 0 Å². The van der Waals surface area contributed by atoms with Crippen LogP contribution < -0.4 is 10.2 Å². The summed E-state index contributed by atoms with van der Waals surface area (Å²) in [6.45, 7) is 3.28. The van der Waals surface area contributed by atoms with E-state index < -0.39 is 0 Å². The quantitative estimate of drug-likeness (QED) is 0.910. The van der Waals surface area contributed by atoms with Crippen molar-refractivity contribution in [3.63, 3.8) is 0 Å². The zero-order valence-corrected chi connectivity index (χ0v) is 12.3. The fourth-order valence-electron chi connectivity index (χ4n) is 2.04. The Morgan fingerprint density at radius 3 is 2.75 bits per heavy atom. The summed E-state index contributed by atoms with van der Waals surface area (Å²) in [6, 6.07) is 10.1. The number of rotatable bonds is 5. The van der Waals surface area contributed by atoms with E-state index in [1.807, 2.05) is 37.1 Å². The van der Waals surface area contributed by atoms with Gasteiger partial charge < -0.3 is 10.2 Å². The first-order valence-corrected chi connectivity index (χ1v) is 6.86. The molecule has 0 saturated carbocycles. The predicted molar refractivity (Wildman–Crippen MR) is 81.1 cm³/mol. The fraction of sp³-hybridized carbons (Fsp3) is 0.267. The zero-order valence-electron chi connectivity index (χ0n) is 11.5. The van der Waals surface area contributed by atoms with Gasteiger partial charge in [-0.3, -0.25) is 0 Å². The Hall–Kier alpha value is -1.65. The summed E-state index contributed by atoms with van der Waals surface area (Å²) in [5.74, 6) is 0.498. The van der Waals surface area contributed by atoms with Crippen LogP contribution in [0.1, 0.15) is 12.6 Å². The third kappa shape index (κ3) is 3.26. The summed E-state index contributed by atoms with van der Waals surface area (Å²) in [5, 5.41) is 3.66. The first kappa shape index (κ1) is 14.8. The minimum atomic E-state index is -0.259. The van der Waals surface area contributed by atoms with E-state index in [9.17, 15) is 4.39 Å². The van der Waals surface area contributed by atoms with Crippen molar-refractivity contribution in [3.8, 4) is 0 Å². The van der Waals surface area contributed by atoms with Crippen molar-refractivity contribution < 1.29 is 4.39 Å². The van der Waals surface area contributed by atoms with E-state index in [1.54, 1.807) is 6.07 Å². The molecular weight excluding hydrogens is 277 g/mol. The molecule has 5 heteroatoms. The third-order valence-corrected chi connectivity index (χ3v) is 3.30. The molecule has 0 spiro atoms. The molecule has 1 aromatic carbocycles. The minimum absolute atomic E-state index is 0.259. The number of hydrogen-bond donors (Lipinski definition) is 1. The lowest BCUT2D eigenvalue weighted by molar-refractivity contribution is 0.627. The van der Waals surface area contributed by atoms with Gasteiger partial charge >= 0.3 is 0 Å². The van der Waals surface area contributed by atoms with Crippen molar-refractivity contribution in [2.75, 3.05) is 18.5 Å². The SMILES string of the molecule is CCN(c1cccc(F)c1)c1ccc(Cl)c(CNC)n1. The smallest absolute Gasteiger partial charge is 0.133 e. The highest BCUT2D eigenvalue weighted by atomic mass is 35.5. The number of nitrogens with zero attached hydrogens (tertiary/aromatic N) is 2. The first-order valence-electron chi connectivity index (χ1n) is 6.48. The van der Waals surface area contributed by atoms with Crippen molar-refractivity contribution in [2.24, 2.45) is 0 Å². The van der Waals surface area contributed by atoms with E-state index in [4.69, 9.17) is 11.6 Å². The molecule has 0 aliphatic carbocycles. The molecule has 1 N–H and O–H groups in total. The number of pyridine rings is 1. The maximum absolute atomic E-state index is 13.4. The van der Waals surface area contributed by atoms with Crippen molar-refractivity contribution in [1.82, 2.24) is 10.3 Å². The molecule has 0 bridgehead atoms. The summed E-state index contributed by atoms with van der Waals surface area (Å²) in [4.78, 5) is 6.49. The Balaban J connectivity index is 2.39. The van der Waals surface area contributed by atoms with Gasteiger partial charge in [0.05, 0.1) is 10.7 Å². The Morgan fingerprint density at radius 1 is 1.30 bits per heavy atom. The molecule has 2 rings (SSSR count). The molecule has 0 amide bonds. The van der Waals surface area contributed by atoms with Gasteiger partial charge in [-0.1, -0.05) is 17.7 Å². The molecule has 0 fully saturated rings. The second-order valence-electron chi connectivity index (χ2n) is 4.35. The summed E-state index contributed by atoms with van der Waals surface area (Å²) in [6.07, 6.45) is 0. The molecule has 3 nitrogen and oxygen atoms in total. The summed E-state index contributed by atoms with van der Waals surface area (Å²) in [7, 11) is 1.84. The van der Waals surface area contributed by atoms with Gasteiger partial charge in [0.25, 0.3) is 0 Å². The molecule has 20 heavy (non-hydrogen) atoms. The molecule has 0 saturated heterocycles. The number of hydrogen-bond acceptors (Lipinski definition) is 3.